The fraction of sp³-hybridized carbons (Fsp3) is 0.150. The zero-order chi connectivity index (χ0) is 14.5. The molecule has 0 bridgehead atoms. The summed E-state index contributed by atoms with van der Waals surface area (Å²) in [5, 5.41) is 0. The lowest BCUT2D eigenvalue weighted by Crippen LogP contribution is -2.25. The van der Waals surface area contributed by atoms with Gasteiger partial charge in [0.05, 0.1) is 0 Å². The van der Waals surface area contributed by atoms with Crippen LogP contribution in [0.5, 0.6) is 0 Å². The van der Waals surface area contributed by atoms with Crippen molar-refractivity contribution >= 4 is 12.2 Å². The molecule has 2 aromatic rings. The summed E-state index contributed by atoms with van der Waals surface area (Å²) >= 11 is 0. The smallest absolute Gasteiger partial charge is 0.0114 e. The molecule has 3 rings (SSSR count). The molecule has 0 aliphatic heterocycles. The number of hydrogen-bond acceptors (Lipinski definition) is 1. The lowest BCUT2D eigenvalue weighted by molar-refractivity contribution is 0.693. The molecular weight excluding hydrogens is 254 g/mol. The predicted octanol–water partition coefficient (Wildman–Crippen LogP) is 4.43. The van der Waals surface area contributed by atoms with Crippen molar-refractivity contribution in [2.75, 3.05) is 0 Å². The van der Waals surface area contributed by atoms with Crippen LogP contribution in [0.2, 0.25) is 0 Å². The van der Waals surface area contributed by atoms with Crippen LogP contribution in [0.1, 0.15) is 29.0 Å². The van der Waals surface area contributed by atoms with Gasteiger partial charge < -0.3 is 5.73 Å². The summed E-state index contributed by atoms with van der Waals surface area (Å²) in [4.78, 5) is 0. The lowest BCUT2D eigenvalue weighted by atomic mass is 9.86. The molecule has 1 aliphatic rings. The van der Waals surface area contributed by atoms with Crippen molar-refractivity contribution in [2.24, 2.45) is 5.73 Å². The van der Waals surface area contributed by atoms with Crippen molar-refractivity contribution < 1.29 is 0 Å². The van der Waals surface area contributed by atoms with Gasteiger partial charge in [0.1, 0.15) is 0 Å². The normalized spacial score (nSPS) is 21.8. The Morgan fingerprint density at radius 2 is 1.52 bits per heavy atom. The fourth-order valence-electron chi connectivity index (χ4n) is 2.60. The highest BCUT2D eigenvalue weighted by atomic mass is 14.6. The van der Waals surface area contributed by atoms with Crippen LogP contribution in [0, 0.1) is 6.42 Å². The predicted molar refractivity (Wildman–Crippen MR) is 90.6 cm³/mol. The lowest BCUT2D eigenvalue weighted by Gasteiger charge is -2.21. The van der Waals surface area contributed by atoms with Crippen LogP contribution in [0.4, 0.5) is 0 Å². The van der Waals surface area contributed by atoms with Crippen LogP contribution in [0.25, 0.3) is 12.2 Å². The monoisotopic (exact) mass is 274 g/mol. The van der Waals surface area contributed by atoms with Gasteiger partial charge >= 0.3 is 0 Å². The van der Waals surface area contributed by atoms with Gasteiger partial charge in [0.25, 0.3) is 0 Å². The van der Waals surface area contributed by atoms with Crippen LogP contribution in [-0.2, 0) is 0 Å². The van der Waals surface area contributed by atoms with Crippen LogP contribution >= 0.6 is 0 Å². The zero-order valence-electron chi connectivity index (χ0n) is 12.0. The van der Waals surface area contributed by atoms with Gasteiger partial charge in [0.2, 0.25) is 0 Å². The Bertz CT molecular complexity index is 623. The molecule has 1 radical (unpaired) electrons. The number of nitrogens with two attached hydrogens (primary N) is 1. The van der Waals surface area contributed by atoms with E-state index in [0.29, 0.717) is 5.92 Å². The Morgan fingerprint density at radius 3 is 2.19 bits per heavy atom. The van der Waals surface area contributed by atoms with E-state index in [0.717, 1.165) is 6.42 Å². The third-order valence-electron chi connectivity index (χ3n) is 3.80. The van der Waals surface area contributed by atoms with E-state index in [2.05, 4.69) is 79.3 Å². The van der Waals surface area contributed by atoms with Gasteiger partial charge in [-0.15, -0.1) is 0 Å². The number of allylic oxidation sites excluding steroid dienone is 1. The molecule has 0 aromatic heterocycles. The average Bonchev–Trinajstić information content (AvgIpc) is 2.54. The summed E-state index contributed by atoms with van der Waals surface area (Å²) < 4.78 is 0. The Balaban J connectivity index is 1.71. The van der Waals surface area contributed by atoms with Crippen molar-refractivity contribution in [3.63, 3.8) is 0 Å². The maximum Gasteiger partial charge on any atom is 0.0114 e. The molecule has 105 valence electrons. The van der Waals surface area contributed by atoms with Crippen molar-refractivity contribution in [1.82, 2.24) is 0 Å². The molecule has 1 heteroatoms. The molecule has 1 aliphatic carbocycles. The standard InChI is InChI=1S/C20H20N/c21-20-8-4-7-19(15-20)18-13-11-17(12-14-18)10-9-16-5-2-1-3-6-16/h1-7,9-15,19-20H,8,21H2. The molecule has 2 unspecified atom stereocenters. The second-order valence-electron chi connectivity index (χ2n) is 5.46. The first-order valence-electron chi connectivity index (χ1n) is 7.41. The van der Waals surface area contributed by atoms with Gasteiger partial charge in [-0.25, -0.2) is 0 Å². The maximum atomic E-state index is 5.99. The van der Waals surface area contributed by atoms with E-state index in [1.807, 2.05) is 6.07 Å². The molecule has 0 spiro atoms. The van der Waals surface area contributed by atoms with Gasteiger partial charge in [-0.1, -0.05) is 78.9 Å². The molecule has 0 heterocycles. The highest BCUT2D eigenvalue weighted by Crippen LogP contribution is 2.26. The summed E-state index contributed by atoms with van der Waals surface area (Å²) in [5.41, 5.74) is 9.72. The first-order valence-corrected chi connectivity index (χ1v) is 7.41. The summed E-state index contributed by atoms with van der Waals surface area (Å²) in [6.07, 6.45) is 11.9. The SMILES string of the molecule is NC1[CH]C(c2ccc(C=Cc3ccccc3)cc2)C=CC1. The van der Waals surface area contributed by atoms with E-state index in [4.69, 9.17) is 5.73 Å². The van der Waals surface area contributed by atoms with Gasteiger partial charge in [0, 0.05) is 12.0 Å². The van der Waals surface area contributed by atoms with Crippen molar-refractivity contribution in [1.29, 1.82) is 0 Å². The Labute approximate surface area is 126 Å². The minimum Gasteiger partial charge on any atom is -0.327 e. The van der Waals surface area contributed by atoms with E-state index < -0.39 is 0 Å². The second kappa shape index (κ2) is 6.55. The number of hydrogen-bond donors (Lipinski definition) is 1. The summed E-state index contributed by atoms with van der Waals surface area (Å²) in [6, 6.07) is 19.2. The molecule has 0 amide bonds. The largest absolute Gasteiger partial charge is 0.327 e. The van der Waals surface area contributed by atoms with Crippen molar-refractivity contribution in [3.05, 3.63) is 89.9 Å². The maximum absolute atomic E-state index is 5.99. The first kappa shape index (κ1) is 13.8. The molecular formula is C20H20N. The van der Waals surface area contributed by atoms with Gasteiger partial charge in [-0.3, -0.25) is 0 Å². The second-order valence-corrected chi connectivity index (χ2v) is 5.46. The van der Waals surface area contributed by atoms with Gasteiger partial charge in [-0.2, -0.15) is 0 Å². The molecule has 2 N–H and O–H groups in total. The highest BCUT2D eigenvalue weighted by molar-refractivity contribution is 5.69. The van der Waals surface area contributed by atoms with Crippen molar-refractivity contribution in [3.8, 4) is 0 Å². The summed E-state index contributed by atoms with van der Waals surface area (Å²) in [6.45, 7) is 0. The molecule has 0 saturated carbocycles. The minimum absolute atomic E-state index is 0.178. The zero-order valence-corrected chi connectivity index (χ0v) is 12.0. The fourth-order valence-corrected chi connectivity index (χ4v) is 2.60. The highest BCUT2D eigenvalue weighted by Gasteiger charge is 2.16. The molecule has 2 aromatic carbocycles. The van der Waals surface area contributed by atoms with E-state index in [1.54, 1.807) is 0 Å². The van der Waals surface area contributed by atoms with Crippen LogP contribution < -0.4 is 5.73 Å². The van der Waals surface area contributed by atoms with Crippen molar-refractivity contribution in [2.45, 2.75) is 18.4 Å². The van der Waals surface area contributed by atoms with Gasteiger partial charge in [0.15, 0.2) is 0 Å². The van der Waals surface area contributed by atoms with E-state index in [9.17, 15) is 0 Å². The summed E-state index contributed by atoms with van der Waals surface area (Å²) in [5.74, 6) is 0.348. The van der Waals surface area contributed by atoms with E-state index in [1.165, 1.54) is 16.7 Å². The van der Waals surface area contributed by atoms with Gasteiger partial charge in [-0.05, 0) is 29.5 Å². The molecule has 2 atom stereocenters. The van der Waals surface area contributed by atoms with Crippen LogP contribution in [0.15, 0.2) is 66.7 Å². The van der Waals surface area contributed by atoms with E-state index in [-0.39, 0.29) is 6.04 Å². The Morgan fingerprint density at radius 1 is 0.857 bits per heavy atom. The molecule has 21 heavy (non-hydrogen) atoms. The Hall–Kier alpha value is -2.12. The van der Waals surface area contributed by atoms with Crippen LogP contribution in [-0.4, -0.2) is 6.04 Å². The molecule has 0 fully saturated rings. The number of benzene rings is 2. The first-order chi connectivity index (χ1) is 10.3. The quantitative estimate of drug-likeness (QED) is 0.650. The third-order valence-corrected chi connectivity index (χ3v) is 3.80. The average molecular weight is 274 g/mol. The summed E-state index contributed by atoms with van der Waals surface area (Å²) in [7, 11) is 0. The Kier molecular flexibility index (Phi) is 4.32. The molecule has 1 nitrogen and oxygen atoms in total. The van der Waals surface area contributed by atoms with E-state index >= 15 is 0 Å². The topological polar surface area (TPSA) is 26.0 Å². The molecule has 0 saturated heterocycles. The minimum atomic E-state index is 0.178. The third kappa shape index (κ3) is 3.71. The van der Waals surface area contributed by atoms with Crippen LogP contribution in [0.3, 0.4) is 0 Å². The number of rotatable bonds is 3.